The van der Waals surface area contributed by atoms with Gasteiger partial charge in [-0.3, -0.25) is 9.69 Å². The Labute approximate surface area is 290 Å². The largest absolute Gasteiger partial charge is 0.459 e. The molecule has 2 bridgehead atoms. The number of aliphatic hydroxyl groups is 1. The Morgan fingerprint density at radius 3 is 2.46 bits per heavy atom. The summed E-state index contributed by atoms with van der Waals surface area (Å²) in [6.45, 7) is 24.4. The molecule has 274 valence electrons. The maximum absolute atomic E-state index is 12.6. The Balaban J connectivity index is 1.11. The van der Waals surface area contributed by atoms with Gasteiger partial charge in [0.25, 0.3) is 0 Å². The van der Waals surface area contributed by atoms with Gasteiger partial charge in [0.1, 0.15) is 6.10 Å². The molecule has 13 atom stereocenters. The number of ether oxygens (including phenoxy) is 5. The average molecular weight is 674 g/mol. The van der Waals surface area contributed by atoms with Crippen LogP contribution >= 0.6 is 0 Å². The zero-order chi connectivity index (χ0) is 34.4. The Hall–Kier alpha value is -0.770. The van der Waals surface area contributed by atoms with Crippen molar-refractivity contribution in [2.24, 2.45) is 50.7 Å². The Kier molecular flexibility index (Phi) is 9.22. The van der Waals surface area contributed by atoms with Crippen molar-refractivity contribution in [2.45, 2.75) is 163 Å². The fraction of sp³-hybridized carbons (Fsp3) is 0.975. The summed E-state index contributed by atoms with van der Waals surface area (Å²) < 4.78 is 31.6. The average Bonchev–Trinajstić information content (AvgIpc) is 3.14. The van der Waals surface area contributed by atoms with Crippen molar-refractivity contribution < 1.29 is 33.6 Å². The number of aliphatic hydroxyl groups excluding tert-OH is 1. The Morgan fingerprint density at radius 2 is 1.79 bits per heavy atom. The van der Waals surface area contributed by atoms with Crippen LogP contribution in [-0.2, 0) is 28.5 Å². The molecule has 0 aromatic heterocycles. The van der Waals surface area contributed by atoms with E-state index in [2.05, 4.69) is 60.3 Å². The van der Waals surface area contributed by atoms with Crippen molar-refractivity contribution >= 4 is 5.97 Å². The zero-order valence-electron chi connectivity index (χ0n) is 31.6. The lowest BCUT2D eigenvalue weighted by molar-refractivity contribution is -0.261. The third-order valence-corrected chi connectivity index (χ3v) is 15.8. The molecule has 0 aromatic carbocycles. The monoisotopic (exact) mass is 673 g/mol. The molecule has 3 saturated heterocycles. The van der Waals surface area contributed by atoms with E-state index >= 15 is 0 Å². The maximum Gasteiger partial charge on any atom is 0.303 e. The SMILES string of the molecule is CC(=O)OC(C1CC(C)C2C(O1)C(O)C1(C)C3CCC4C(CCCC21C)(CCC(OC1CN(C2COC2)CCO1)C4(C)C)C3)C(C)(C)C. The highest BCUT2D eigenvalue weighted by Gasteiger charge is 2.72. The summed E-state index contributed by atoms with van der Waals surface area (Å²) in [4.78, 5) is 14.7. The molecule has 3 heterocycles. The number of hydrogen-bond acceptors (Lipinski definition) is 8. The summed E-state index contributed by atoms with van der Waals surface area (Å²) >= 11 is 0. The van der Waals surface area contributed by atoms with E-state index in [1.807, 2.05) is 0 Å². The molecule has 48 heavy (non-hydrogen) atoms. The number of hydrogen-bond donors (Lipinski definition) is 1. The highest BCUT2D eigenvalue weighted by Crippen LogP contribution is 2.73. The van der Waals surface area contributed by atoms with Gasteiger partial charge >= 0.3 is 5.97 Å². The van der Waals surface area contributed by atoms with Crippen LogP contribution in [-0.4, -0.2) is 91.7 Å². The molecule has 4 aliphatic carbocycles. The fourth-order valence-corrected chi connectivity index (χ4v) is 13.3. The van der Waals surface area contributed by atoms with Gasteiger partial charge in [-0.2, -0.15) is 0 Å². The summed E-state index contributed by atoms with van der Waals surface area (Å²) in [5, 5.41) is 12.6. The van der Waals surface area contributed by atoms with E-state index in [1.165, 1.54) is 39.0 Å². The van der Waals surface area contributed by atoms with Crippen LogP contribution < -0.4 is 0 Å². The molecule has 13 unspecified atom stereocenters. The van der Waals surface area contributed by atoms with E-state index in [4.69, 9.17) is 23.7 Å². The first-order chi connectivity index (χ1) is 22.5. The van der Waals surface area contributed by atoms with E-state index < -0.39 is 6.10 Å². The molecule has 0 amide bonds. The quantitative estimate of drug-likeness (QED) is 0.327. The van der Waals surface area contributed by atoms with Crippen molar-refractivity contribution in [2.75, 3.05) is 32.9 Å². The van der Waals surface area contributed by atoms with Crippen LogP contribution in [0.15, 0.2) is 0 Å². The first-order valence-electron chi connectivity index (χ1n) is 19.6. The van der Waals surface area contributed by atoms with Gasteiger partial charge in [0.05, 0.1) is 56.8 Å². The second-order valence-corrected chi connectivity index (χ2v) is 19.6. The van der Waals surface area contributed by atoms with E-state index in [0.29, 0.717) is 29.7 Å². The molecule has 1 N–H and O–H groups in total. The summed E-state index contributed by atoms with van der Waals surface area (Å²) in [5.41, 5.74) is -0.149. The number of carbonyl (C=O) groups is 1. The molecule has 4 saturated carbocycles. The lowest BCUT2D eigenvalue weighted by Crippen LogP contribution is -2.60. The molecular formula is C40H67NO7. The Bertz CT molecular complexity index is 1200. The predicted molar refractivity (Wildman–Crippen MR) is 184 cm³/mol. The second kappa shape index (κ2) is 12.4. The lowest BCUT2D eigenvalue weighted by atomic mass is 9.41. The number of fused-ring (bicyclic) bond motifs is 5. The first kappa shape index (κ1) is 35.6. The van der Waals surface area contributed by atoms with Crippen molar-refractivity contribution in [1.29, 1.82) is 0 Å². The van der Waals surface area contributed by atoms with E-state index in [1.54, 1.807) is 0 Å². The molecule has 8 nitrogen and oxygen atoms in total. The van der Waals surface area contributed by atoms with Crippen molar-refractivity contribution in [3.05, 3.63) is 0 Å². The molecule has 7 rings (SSSR count). The summed E-state index contributed by atoms with van der Waals surface area (Å²) in [5.74, 6) is 1.46. The molecule has 8 heteroatoms. The molecule has 3 aliphatic heterocycles. The van der Waals surface area contributed by atoms with Crippen LogP contribution in [0, 0.1) is 50.7 Å². The standard InChI is InChI=1S/C40H67NO7/c1-24-19-28(35(36(3,4)5)46-25(2)42)47-33-32(24)38(8)14-10-15-40-16-13-30(48-31-21-41(17-18-45-31)27-22-44-23-27)37(6,7)29(40)12-11-26(20-40)39(38,9)34(33)43/h24,26-35,43H,10-23H2,1-9H3. The third-order valence-electron chi connectivity index (χ3n) is 15.8. The van der Waals surface area contributed by atoms with Crippen LogP contribution in [0.2, 0.25) is 0 Å². The molecule has 1 spiro atoms. The number of rotatable bonds is 5. The molecule has 7 fully saturated rings. The minimum absolute atomic E-state index is 0.00918. The maximum atomic E-state index is 12.6. The molecule has 0 aromatic rings. The van der Waals surface area contributed by atoms with Gasteiger partial charge < -0.3 is 28.8 Å². The number of carbonyl (C=O) groups excluding carboxylic acids is 1. The minimum atomic E-state index is -0.535. The highest BCUT2D eigenvalue weighted by atomic mass is 16.7. The third kappa shape index (κ3) is 5.55. The van der Waals surface area contributed by atoms with Gasteiger partial charge in [0, 0.05) is 24.3 Å². The molecule has 0 radical (unpaired) electrons. The summed E-state index contributed by atoms with van der Waals surface area (Å²) in [6, 6.07) is 0.516. The van der Waals surface area contributed by atoms with Gasteiger partial charge in [0.2, 0.25) is 0 Å². The fourth-order valence-electron chi connectivity index (χ4n) is 13.3. The number of morpholine rings is 1. The van der Waals surface area contributed by atoms with Crippen LogP contribution in [0.3, 0.4) is 0 Å². The zero-order valence-corrected chi connectivity index (χ0v) is 31.6. The molecular weight excluding hydrogens is 606 g/mol. The van der Waals surface area contributed by atoms with Gasteiger partial charge in [0.15, 0.2) is 6.29 Å². The van der Waals surface area contributed by atoms with E-state index in [-0.39, 0.29) is 63.8 Å². The molecule has 7 aliphatic rings. The summed E-state index contributed by atoms with van der Waals surface area (Å²) in [7, 11) is 0. The van der Waals surface area contributed by atoms with Crippen LogP contribution in [0.25, 0.3) is 0 Å². The van der Waals surface area contributed by atoms with Gasteiger partial charge in [-0.15, -0.1) is 0 Å². The predicted octanol–water partition coefficient (Wildman–Crippen LogP) is 6.61. The normalized spacial score (nSPS) is 48.6. The smallest absolute Gasteiger partial charge is 0.303 e. The first-order valence-corrected chi connectivity index (χ1v) is 19.6. The van der Waals surface area contributed by atoms with Crippen LogP contribution in [0.5, 0.6) is 0 Å². The van der Waals surface area contributed by atoms with E-state index in [9.17, 15) is 9.90 Å². The highest BCUT2D eigenvalue weighted by molar-refractivity contribution is 5.66. The van der Waals surface area contributed by atoms with Gasteiger partial charge in [-0.1, -0.05) is 61.8 Å². The lowest BCUT2D eigenvalue weighted by Gasteiger charge is -2.64. The number of nitrogens with zero attached hydrogens (tertiary/aromatic N) is 1. The van der Waals surface area contributed by atoms with Crippen molar-refractivity contribution in [3.63, 3.8) is 0 Å². The summed E-state index contributed by atoms with van der Waals surface area (Å²) in [6.07, 6.45) is 9.00. The second-order valence-electron chi connectivity index (χ2n) is 19.6. The van der Waals surface area contributed by atoms with Crippen molar-refractivity contribution in [3.8, 4) is 0 Å². The van der Waals surface area contributed by atoms with Gasteiger partial charge in [-0.25, -0.2) is 0 Å². The van der Waals surface area contributed by atoms with E-state index in [0.717, 1.165) is 58.6 Å². The van der Waals surface area contributed by atoms with Crippen LogP contribution in [0.4, 0.5) is 0 Å². The van der Waals surface area contributed by atoms with Crippen molar-refractivity contribution in [1.82, 2.24) is 4.90 Å². The van der Waals surface area contributed by atoms with Crippen LogP contribution in [0.1, 0.15) is 120 Å². The van der Waals surface area contributed by atoms with Gasteiger partial charge in [-0.05, 0) is 91.3 Å². The Morgan fingerprint density at radius 1 is 1.04 bits per heavy atom. The number of esters is 1. The topological polar surface area (TPSA) is 86.7 Å². The minimum Gasteiger partial charge on any atom is -0.459 e.